The first kappa shape index (κ1) is 12.9. The summed E-state index contributed by atoms with van der Waals surface area (Å²) in [4.78, 5) is 25.4. The second kappa shape index (κ2) is 6.46. The minimum absolute atomic E-state index is 0.0437. The molecule has 2 amide bonds. The summed E-state index contributed by atoms with van der Waals surface area (Å²) in [5, 5.41) is 17.5. The van der Waals surface area contributed by atoms with Crippen LogP contribution in [0.15, 0.2) is 6.33 Å². The molecule has 0 saturated heterocycles. The Labute approximate surface area is 98.0 Å². The second-order valence-corrected chi connectivity index (χ2v) is 3.44. The van der Waals surface area contributed by atoms with E-state index in [-0.39, 0.29) is 19.0 Å². The highest BCUT2D eigenvalue weighted by Crippen LogP contribution is 1.88. The lowest BCUT2D eigenvalue weighted by Crippen LogP contribution is -2.36. The second-order valence-electron chi connectivity index (χ2n) is 3.44. The summed E-state index contributed by atoms with van der Waals surface area (Å²) in [7, 11) is 1.74. The summed E-state index contributed by atoms with van der Waals surface area (Å²) < 4.78 is 1.54. The minimum Gasteiger partial charge on any atom is -0.481 e. The van der Waals surface area contributed by atoms with Crippen LogP contribution < -0.4 is 10.6 Å². The number of amides is 2. The van der Waals surface area contributed by atoms with Crippen LogP contribution in [0.25, 0.3) is 0 Å². The van der Waals surface area contributed by atoms with Crippen LogP contribution in [0.1, 0.15) is 18.7 Å². The molecule has 0 bridgehead atoms. The summed E-state index contributed by atoms with van der Waals surface area (Å²) in [6, 6.07) is -0.358. The first-order chi connectivity index (χ1) is 8.08. The number of nitrogens with one attached hydrogen (secondary N) is 2. The maximum Gasteiger partial charge on any atom is 0.315 e. The molecular weight excluding hydrogens is 226 g/mol. The summed E-state index contributed by atoms with van der Waals surface area (Å²) >= 11 is 0. The average molecular weight is 241 g/mol. The number of hydrogen-bond donors (Lipinski definition) is 3. The van der Waals surface area contributed by atoms with E-state index in [0.29, 0.717) is 18.8 Å². The quantitative estimate of drug-likeness (QED) is 0.580. The molecule has 0 aromatic carbocycles. The molecule has 0 aliphatic carbocycles. The zero-order chi connectivity index (χ0) is 12.7. The van der Waals surface area contributed by atoms with Gasteiger partial charge in [0.05, 0.1) is 6.54 Å². The number of carbonyl (C=O) groups excluding carboxylic acids is 1. The van der Waals surface area contributed by atoms with E-state index in [0.717, 1.165) is 0 Å². The Balaban J connectivity index is 2.11. The lowest BCUT2D eigenvalue weighted by Gasteiger charge is -2.04. The number of aryl methyl sites for hydroxylation is 1. The molecule has 0 aliphatic heterocycles. The maximum atomic E-state index is 11.2. The molecular formula is C9H15N5O3. The highest BCUT2D eigenvalue weighted by atomic mass is 16.4. The fraction of sp³-hybridized carbons (Fsp3) is 0.556. The van der Waals surface area contributed by atoms with Crippen LogP contribution in [0.5, 0.6) is 0 Å². The number of aromatic nitrogens is 3. The van der Waals surface area contributed by atoms with Gasteiger partial charge in [-0.2, -0.15) is 5.10 Å². The van der Waals surface area contributed by atoms with Crippen molar-refractivity contribution in [2.24, 2.45) is 7.05 Å². The van der Waals surface area contributed by atoms with Gasteiger partial charge in [-0.05, 0) is 6.42 Å². The number of urea groups is 1. The fourth-order valence-electron chi connectivity index (χ4n) is 1.13. The van der Waals surface area contributed by atoms with Gasteiger partial charge in [-0.1, -0.05) is 0 Å². The van der Waals surface area contributed by atoms with E-state index in [4.69, 9.17) is 5.11 Å². The molecule has 1 rings (SSSR count). The molecule has 8 heteroatoms. The molecule has 94 valence electrons. The molecule has 17 heavy (non-hydrogen) atoms. The highest BCUT2D eigenvalue weighted by Gasteiger charge is 2.03. The molecule has 0 fully saturated rings. The summed E-state index contributed by atoms with van der Waals surface area (Å²) in [5.41, 5.74) is 0. The Morgan fingerprint density at radius 3 is 2.82 bits per heavy atom. The van der Waals surface area contributed by atoms with Gasteiger partial charge < -0.3 is 15.7 Å². The Kier molecular flexibility index (Phi) is 4.92. The lowest BCUT2D eigenvalue weighted by atomic mass is 10.3. The van der Waals surface area contributed by atoms with Crippen molar-refractivity contribution in [2.75, 3.05) is 6.54 Å². The number of aliphatic carboxylic acids is 1. The van der Waals surface area contributed by atoms with Gasteiger partial charge >= 0.3 is 12.0 Å². The highest BCUT2D eigenvalue weighted by molar-refractivity contribution is 5.73. The molecule has 1 aromatic heterocycles. The van der Waals surface area contributed by atoms with E-state index in [1.807, 2.05) is 0 Å². The van der Waals surface area contributed by atoms with E-state index in [1.54, 1.807) is 18.1 Å². The standard InChI is InChI=1S/C9H15N5O3/c1-14-6-12-7(13-14)5-11-9(17)10-4-2-3-8(15)16/h6H,2-5H2,1H3,(H,15,16)(H2,10,11,17). The lowest BCUT2D eigenvalue weighted by molar-refractivity contribution is -0.137. The predicted molar refractivity (Wildman–Crippen MR) is 58.1 cm³/mol. The van der Waals surface area contributed by atoms with Crippen molar-refractivity contribution in [3.05, 3.63) is 12.2 Å². The van der Waals surface area contributed by atoms with Crippen LogP contribution in [0, 0.1) is 0 Å². The van der Waals surface area contributed by atoms with Crippen LogP contribution in [-0.4, -0.2) is 38.4 Å². The van der Waals surface area contributed by atoms with Gasteiger partial charge in [-0.25, -0.2) is 9.78 Å². The molecule has 0 aliphatic rings. The zero-order valence-electron chi connectivity index (χ0n) is 9.51. The van der Waals surface area contributed by atoms with Gasteiger partial charge in [-0.15, -0.1) is 0 Å². The molecule has 3 N–H and O–H groups in total. The molecule has 0 unspecified atom stereocenters. The van der Waals surface area contributed by atoms with Crippen molar-refractivity contribution in [3.63, 3.8) is 0 Å². The molecule has 0 atom stereocenters. The average Bonchev–Trinajstić information content (AvgIpc) is 2.67. The van der Waals surface area contributed by atoms with Gasteiger partial charge in [0.15, 0.2) is 5.82 Å². The summed E-state index contributed by atoms with van der Waals surface area (Å²) in [6.45, 7) is 0.569. The predicted octanol–water partition coefficient (Wildman–Crippen LogP) is -0.521. The third-order valence-corrected chi connectivity index (χ3v) is 1.91. The van der Waals surface area contributed by atoms with Gasteiger partial charge in [0, 0.05) is 20.0 Å². The Bertz CT molecular complexity index is 390. The van der Waals surface area contributed by atoms with Crippen molar-refractivity contribution >= 4 is 12.0 Å². The van der Waals surface area contributed by atoms with Crippen LogP contribution in [0.2, 0.25) is 0 Å². The van der Waals surface area contributed by atoms with Crippen molar-refractivity contribution in [3.8, 4) is 0 Å². The van der Waals surface area contributed by atoms with Crippen LogP contribution >= 0.6 is 0 Å². The molecule has 0 spiro atoms. The number of hydrogen-bond acceptors (Lipinski definition) is 4. The zero-order valence-corrected chi connectivity index (χ0v) is 9.51. The van der Waals surface area contributed by atoms with Gasteiger partial charge in [0.25, 0.3) is 0 Å². The molecule has 0 saturated carbocycles. The number of carboxylic acids is 1. The number of rotatable bonds is 6. The van der Waals surface area contributed by atoms with E-state index in [1.165, 1.54) is 0 Å². The number of carbonyl (C=O) groups is 2. The first-order valence-corrected chi connectivity index (χ1v) is 5.16. The first-order valence-electron chi connectivity index (χ1n) is 5.16. The van der Waals surface area contributed by atoms with Gasteiger partial charge in [0.2, 0.25) is 0 Å². The van der Waals surface area contributed by atoms with Crippen molar-refractivity contribution in [1.29, 1.82) is 0 Å². The fourth-order valence-corrected chi connectivity index (χ4v) is 1.13. The smallest absolute Gasteiger partial charge is 0.315 e. The van der Waals surface area contributed by atoms with Crippen molar-refractivity contribution in [1.82, 2.24) is 25.4 Å². The van der Waals surface area contributed by atoms with Crippen LogP contribution in [0.3, 0.4) is 0 Å². The number of nitrogens with zero attached hydrogens (tertiary/aromatic N) is 3. The van der Waals surface area contributed by atoms with Crippen LogP contribution in [0.4, 0.5) is 4.79 Å². The SMILES string of the molecule is Cn1cnc(CNC(=O)NCCCC(=O)O)n1. The van der Waals surface area contributed by atoms with E-state index >= 15 is 0 Å². The molecule has 8 nitrogen and oxygen atoms in total. The topological polar surface area (TPSA) is 109 Å². The Morgan fingerprint density at radius 2 is 2.24 bits per heavy atom. The van der Waals surface area contributed by atoms with E-state index < -0.39 is 5.97 Å². The van der Waals surface area contributed by atoms with Gasteiger partial charge in [-0.3, -0.25) is 9.48 Å². The Hall–Kier alpha value is -2.12. The normalized spacial score (nSPS) is 9.94. The molecule has 1 aromatic rings. The number of carboxylic acid groups (broad SMARTS) is 1. The van der Waals surface area contributed by atoms with Crippen molar-refractivity contribution in [2.45, 2.75) is 19.4 Å². The summed E-state index contributed by atoms with van der Waals surface area (Å²) in [5.74, 6) is -0.349. The van der Waals surface area contributed by atoms with Crippen LogP contribution in [-0.2, 0) is 18.4 Å². The van der Waals surface area contributed by atoms with E-state index in [9.17, 15) is 9.59 Å². The van der Waals surface area contributed by atoms with Gasteiger partial charge in [0.1, 0.15) is 6.33 Å². The van der Waals surface area contributed by atoms with Crippen molar-refractivity contribution < 1.29 is 14.7 Å². The third-order valence-electron chi connectivity index (χ3n) is 1.91. The monoisotopic (exact) mass is 241 g/mol. The third kappa shape index (κ3) is 5.50. The largest absolute Gasteiger partial charge is 0.481 e. The maximum absolute atomic E-state index is 11.2. The summed E-state index contributed by atoms with van der Waals surface area (Å²) in [6.07, 6.45) is 1.99. The Morgan fingerprint density at radius 1 is 1.47 bits per heavy atom. The molecule has 1 heterocycles. The minimum atomic E-state index is -0.870. The molecule has 0 radical (unpaired) electrons. The van der Waals surface area contributed by atoms with E-state index in [2.05, 4.69) is 20.7 Å².